The summed E-state index contributed by atoms with van der Waals surface area (Å²) in [7, 11) is 0. The monoisotopic (exact) mass is 393 g/mol. The minimum atomic E-state index is -0.384. The number of aromatic amines is 1. The van der Waals surface area contributed by atoms with Crippen LogP contribution in [-0.2, 0) is 0 Å². The molecule has 8 heteroatoms. The summed E-state index contributed by atoms with van der Waals surface area (Å²) in [5.74, 6) is -0.878. The maximum atomic E-state index is 13.5. The fraction of sp³-hybridized carbons (Fsp3) is 0.238. The van der Waals surface area contributed by atoms with Gasteiger partial charge in [-0.2, -0.15) is 5.10 Å². The molecule has 4 rings (SSSR count). The van der Waals surface area contributed by atoms with Gasteiger partial charge in [-0.3, -0.25) is 19.7 Å². The van der Waals surface area contributed by atoms with Crippen molar-refractivity contribution in [3.05, 3.63) is 71.9 Å². The fourth-order valence-corrected chi connectivity index (χ4v) is 3.59. The van der Waals surface area contributed by atoms with Crippen molar-refractivity contribution in [2.45, 2.75) is 31.3 Å². The highest BCUT2D eigenvalue weighted by molar-refractivity contribution is 6.00. The SMILES string of the molecule is O=C(N[C@@H]1CC[C@H](NC(=O)c2cn[nH]c2-c2cccc(F)c2)C1)c1ccccn1. The fourth-order valence-electron chi connectivity index (χ4n) is 3.59. The predicted octanol–water partition coefficient (Wildman–Crippen LogP) is 2.69. The number of hydrogen-bond acceptors (Lipinski definition) is 4. The molecule has 3 aromatic rings. The van der Waals surface area contributed by atoms with Gasteiger partial charge in [0.2, 0.25) is 0 Å². The van der Waals surface area contributed by atoms with E-state index in [4.69, 9.17) is 0 Å². The highest BCUT2D eigenvalue weighted by Crippen LogP contribution is 2.24. The Morgan fingerprint density at radius 1 is 1.03 bits per heavy atom. The van der Waals surface area contributed by atoms with Crippen molar-refractivity contribution in [2.75, 3.05) is 0 Å². The van der Waals surface area contributed by atoms with Gasteiger partial charge < -0.3 is 10.6 Å². The molecule has 2 amide bonds. The van der Waals surface area contributed by atoms with Gasteiger partial charge in [-0.1, -0.05) is 18.2 Å². The van der Waals surface area contributed by atoms with Crippen LogP contribution in [0.5, 0.6) is 0 Å². The second kappa shape index (κ2) is 8.22. The molecule has 3 N–H and O–H groups in total. The van der Waals surface area contributed by atoms with E-state index in [-0.39, 0.29) is 29.7 Å². The van der Waals surface area contributed by atoms with E-state index in [1.165, 1.54) is 18.3 Å². The summed E-state index contributed by atoms with van der Waals surface area (Å²) < 4.78 is 13.5. The van der Waals surface area contributed by atoms with Gasteiger partial charge in [-0.15, -0.1) is 0 Å². The van der Waals surface area contributed by atoms with Gasteiger partial charge in [0, 0.05) is 23.8 Å². The third-order valence-corrected chi connectivity index (χ3v) is 5.00. The Labute approximate surface area is 166 Å². The zero-order chi connectivity index (χ0) is 20.2. The number of carbonyl (C=O) groups is 2. The van der Waals surface area contributed by atoms with Gasteiger partial charge >= 0.3 is 0 Å². The number of hydrogen-bond donors (Lipinski definition) is 3. The molecule has 2 atom stereocenters. The Morgan fingerprint density at radius 2 is 1.83 bits per heavy atom. The molecule has 0 aliphatic heterocycles. The van der Waals surface area contributed by atoms with E-state index >= 15 is 0 Å². The molecule has 1 aliphatic rings. The van der Waals surface area contributed by atoms with Crippen molar-refractivity contribution >= 4 is 11.8 Å². The molecule has 0 bridgehead atoms. The van der Waals surface area contributed by atoms with Crippen LogP contribution in [0.25, 0.3) is 11.3 Å². The minimum Gasteiger partial charge on any atom is -0.349 e. The number of carbonyl (C=O) groups excluding carboxylic acids is 2. The van der Waals surface area contributed by atoms with Crippen molar-refractivity contribution in [2.24, 2.45) is 0 Å². The Balaban J connectivity index is 1.37. The Morgan fingerprint density at radius 3 is 2.55 bits per heavy atom. The number of H-pyrrole nitrogens is 1. The molecule has 7 nitrogen and oxygen atoms in total. The molecular weight excluding hydrogens is 373 g/mol. The predicted molar refractivity (Wildman–Crippen MR) is 105 cm³/mol. The molecule has 0 unspecified atom stereocenters. The van der Waals surface area contributed by atoms with Crippen LogP contribution in [0, 0.1) is 5.82 Å². The maximum absolute atomic E-state index is 13.5. The van der Waals surface area contributed by atoms with Crippen LogP contribution < -0.4 is 10.6 Å². The first-order chi connectivity index (χ1) is 14.1. The normalized spacial score (nSPS) is 18.4. The van der Waals surface area contributed by atoms with Gasteiger partial charge in [-0.25, -0.2) is 4.39 Å². The molecule has 0 spiro atoms. The lowest BCUT2D eigenvalue weighted by Crippen LogP contribution is -2.37. The molecule has 0 radical (unpaired) electrons. The number of aromatic nitrogens is 3. The molecule has 1 aromatic carbocycles. The van der Waals surface area contributed by atoms with E-state index in [0.717, 1.165) is 12.8 Å². The first-order valence-corrected chi connectivity index (χ1v) is 9.42. The molecule has 1 fully saturated rings. The summed E-state index contributed by atoms with van der Waals surface area (Å²) in [6.45, 7) is 0. The minimum absolute atomic E-state index is 0.0261. The smallest absolute Gasteiger partial charge is 0.270 e. The summed E-state index contributed by atoms with van der Waals surface area (Å²) in [5.41, 5.74) is 1.76. The number of nitrogens with one attached hydrogen (secondary N) is 3. The zero-order valence-corrected chi connectivity index (χ0v) is 15.6. The third-order valence-electron chi connectivity index (χ3n) is 5.00. The quantitative estimate of drug-likeness (QED) is 0.621. The number of halogens is 1. The van der Waals surface area contributed by atoms with Crippen LogP contribution in [0.3, 0.4) is 0 Å². The van der Waals surface area contributed by atoms with Crippen LogP contribution in [0.15, 0.2) is 54.9 Å². The van der Waals surface area contributed by atoms with Crippen LogP contribution in [-0.4, -0.2) is 39.1 Å². The van der Waals surface area contributed by atoms with Crippen molar-refractivity contribution in [1.82, 2.24) is 25.8 Å². The van der Waals surface area contributed by atoms with E-state index in [9.17, 15) is 14.0 Å². The topological polar surface area (TPSA) is 99.8 Å². The summed E-state index contributed by atoms with van der Waals surface area (Å²) in [5, 5.41) is 12.7. The lowest BCUT2D eigenvalue weighted by molar-refractivity contribution is 0.0932. The van der Waals surface area contributed by atoms with Gasteiger partial charge in [0.1, 0.15) is 11.5 Å². The average molecular weight is 393 g/mol. The van der Waals surface area contributed by atoms with Crippen molar-refractivity contribution in [3.8, 4) is 11.3 Å². The Kier molecular flexibility index (Phi) is 5.33. The molecule has 29 heavy (non-hydrogen) atoms. The van der Waals surface area contributed by atoms with Crippen LogP contribution >= 0.6 is 0 Å². The van der Waals surface area contributed by atoms with E-state index in [0.29, 0.717) is 28.9 Å². The van der Waals surface area contributed by atoms with Crippen molar-refractivity contribution in [1.29, 1.82) is 0 Å². The summed E-state index contributed by atoms with van der Waals surface area (Å²) >= 11 is 0. The molecule has 2 aromatic heterocycles. The van der Waals surface area contributed by atoms with Crippen LogP contribution in [0.2, 0.25) is 0 Å². The highest BCUT2D eigenvalue weighted by Gasteiger charge is 2.28. The molecular formula is C21H20FN5O2. The van der Waals surface area contributed by atoms with Crippen molar-refractivity contribution in [3.63, 3.8) is 0 Å². The molecule has 2 heterocycles. The summed E-state index contributed by atoms with van der Waals surface area (Å²) in [6, 6.07) is 11.1. The number of amides is 2. The van der Waals surface area contributed by atoms with E-state index in [1.807, 2.05) is 0 Å². The summed E-state index contributed by atoms with van der Waals surface area (Å²) in [6.07, 6.45) is 5.17. The standard InChI is InChI=1S/C21H20FN5O2/c22-14-5-3-4-13(10-14)19-17(12-24-27-19)20(28)25-15-7-8-16(11-15)26-21(29)18-6-1-2-9-23-18/h1-6,9-10,12,15-16H,7-8,11H2,(H,24,27)(H,25,28)(H,26,29)/t15-,16+/m0/s1. The molecule has 148 valence electrons. The van der Waals surface area contributed by atoms with Crippen molar-refractivity contribution < 1.29 is 14.0 Å². The lowest BCUT2D eigenvalue weighted by atomic mass is 10.1. The van der Waals surface area contributed by atoms with Gasteiger partial charge in [-0.05, 0) is 43.5 Å². The zero-order valence-electron chi connectivity index (χ0n) is 15.6. The van der Waals surface area contributed by atoms with Gasteiger partial charge in [0.25, 0.3) is 11.8 Å². The van der Waals surface area contributed by atoms with Crippen LogP contribution in [0.4, 0.5) is 4.39 Å². The lowest BCUT2D eigenvalue weighted by Gasteiger charge is -2.14. The van der Waals surface area contributed by atoms with E-state index in [1.54, 1.807) is 36.5 Å². The Hall–Kier alpha value is -3.55. The number of nitrogens with zero attached hydrogens (tertiary/aromatic N) is 2. The van der Waals surface area contributed by atoms with Gasteiger partial charge in [0.05, 0.1) is 17.5 Å². The second-order valence-electron chi connectivity index (χ2n) is 7.04. The Bertz CT molecular complexity index is 1020. The maximum Gasteiger partial charge on any atom is 0.270 e. The number of rotatable bonds is 5. The molecule has 0 saturated heterocycles. The largest absolute Gasteiger partial charge is 0.349 e. The molecule has 1 saturated carbocycles. The van der Waals surface area contributed by atoms with Crippen LogP contribution in [0.1, 0.15) is 40.1 Å². The summed E-state index contributed by atoms with van der Waals surface area (Å²) in [4.78, 5) is 29.0. The van der Waals surface area contributed by atoms with E-state index < -0.39 is 0 Å². The third kappa shape index (κ3) is 4.31. The average Bonchev–Trinajstić information content (AvgIpc) is 3.38. The second-order valence-corrected chi connectivity index (χ2v) is 7.04. The number of benzene rings is 1. The molecule has 1 aliphatic carbocycles. The highest BCUT2D eigenvalue weighted by atomic mass is 19.1. The number of pyridine rings is 1. The van der Waals surface area contributed by atoms with Gasteiger partial charge in [0.15, 0.2) is 0 Å². The first-order valence-electron chi connectivity index (χ1n) is 9.42. The van der Waals surface area contributed by atoms with E-state index in [2.05, 4.69) is 25.8 Å². The first kappa shape index (κ1) is 18.8.